The van der Waals surface area contributed by atoms with E-state index in [0.29, 0.717) is 23.2 Å². The summed E-state index contributed by atoms with van der Waals surface area (Å²) in [6.45, 7) is 0. The van der Waals surface area contributed by atoms with Crippen LogP contribution in [0.15, 0.2) is 36.4 Å². The highest BCUT2D eigenvalue weighted by molar-refractivity contribution is 5.68. The van der Waals surface area contributed by atoms with Gasteiger partial charge in [0, 0.05) is 0 Å². The molecule has 1 fully saturated rings. The van der Waals surface area contributed by atoms with E-state index >= 15 is 0 Å². The first-order valence-corrected chi connectivity index (χ1v) is 7.17. The molecule has 24 heavy (non-hydrogen) atoms. The Morgan fingerprint density at radius 2 is 1.83 bits per heavy atom. The molecule has 2 aromatic rings. The molecule has 1 heterocycles. The van der Waals surface area contributed by atoms with Gasteiger partial charge in [0.1, 0.15) is 11.6 Å². The van der Waals surface area contributed by atoms with E-state index in [9.17, 15) is 18.0 Å². The van der Waals surface area contributed by atoms with Crippen molar-refractivity contribution in [3.8, 4) is 16.9 Å². The normalized spacial score (nSPS) is 15.6. The molecule has 0 bridgehead atoms. The van der Waals surface area contributed by atoms with E-state index in [0.717, 1.165) is 12.8 Å². The Kier molecular flexibility index (Phi) is 3.82. The van der Waals surface area contributed by atoms with Gasteiger partial charge >= 0.3 is 6.36 Å². The molecule has 3 N–H and O–H groups in total. The zero-order valence-electron chi connectivity index (χ0n) is 12.4. The number of carbonyl (C=O) groups is 1. The minimum atomic E-state index is -4.73. The molecule has 0 spiro atoms. The summed E-state index contributed by atoms with van der Waals surface area (Å²) in [5.41, 5.74) is 7.35. The van der Waals surface area contributed by atoms with Gasteiger partial charge in [-0.3, -0.25) is 4.79 Å². The van der Waals surface area contributed by atoms with E-state index in [-0.39, 0.29) is 11.6 Å². The molecule has 5 nitrogen and oxygen atoms in total. The molecule has 0 unspecified atom stereocenters. The van der Waals surface area contributed by atoms with Crippen molar-refractivity contribution in [1.82, 2.24) is 10.3 Å². The Bertz CT molecular complexity index is 756. The quantitative estimate of drug-likeness (QED) is 0.823. The predicted octanol–water partition coefficient (Wildman–Crippen LogP) is 2.96. The van der Waals surface area contributed by atoms with Crippen molar-refractivity contribution in [1.29, 1.82) is 0 Å². The van der Waals surface area contributed by atoms with Crippen LogP contribution in [0.4, 0.5) is 19.0 Å². The van der Waals surface area contributed by atoms with Crippen LogP contribution in [-0.2, 0) is 10.3 Å². The van der Waals surface area contributed by atoms with E-state index in [2.05, 4.69) is 15.0 Å². The van der Waals surface area contributed by atoms with E-state index < -0.39 is 11.9 Å². The average molecular weight is 337 g/mol. The summed E-state index contributed by atoms with van der Waals surface area (Å²) in [7, 11) is 0. The number of hydrogen-bond acceptors (Lipinski definition) is 4. The lowest BCUT2D eigenvalue weighted by Crippen LogP contribution is -2.28. The Morgan fingerprint density at radius 3 is 2.38 bits per heavy atom. The second-order valence-corrected chi connectivity index (χ2v) is 5.58. The molecule has 1 amide bonds. The molecule has 1 aromatic heterocycles. The molecule has 0 atom stereocenters. The van der Waals surface area contributed by atoms with E-state index in [1.54, 1.807) is 12.1 Å². The molecule has 3 rings (SSSR count). The second kappa shape index (κ2) is 5.70. The summed E-state index contributed by atoms with van der Waals surface area (Å²) in [5.74, 6) is -0.0214. The van der Waals surface area contributed by atoms with Crippen LogP contribution < -0.4 is 15.8 Å². The van der Waals surface area contributed by atoms with Gasteiger partial charge in [0.2, 0.25) is 6.41 Å². The van der Waals surface area contributed by atoms with Gasteiger partial charge in [-0.15, -0.1) is 13.2 Å². The predicted molar refractivity (Wildman–Crippen MR) is 80.9 cm³/mol. The number of anilines is 1. The highest BCUT2D eigenvalue weighted by Gasteiger charge is 2.45. The van der Waals surface area contributed by atoms with Gasteiger partial charge in [-0.2, -0.15) is 0 Å². The molecule has 0 radical (unpaired) electrons. The van der Waals surface area contributed by atoms with Crippen molar-refractivity contribution in [2.75, 3.05) is 5.73 Å². The summed E-state index contributed by atoms with van der Waals surface area (Å²) < 4.78 is 40.4. The van der Waals surface area contributed by atoms with Crippen LogP contribution in [0.3, 0.4) is 0 Å². The van der Waals surface area contributed by atoms with Gasteiger partial charge in [0.05, 0.1) is 11.2 Å². The monoisotopic (exact) mass is 337 g/mol. The maximum Gasteiger partial charge on any atom is 0.573 e. The van der Waals surface area contributed by atoms with Gasteiger partial charge in [0.25, 0.3) is 0 Å². The van der Waals surface area contributed by atoms with Crippen LogP contribution in [0.2, 0.25) is 0 Å². The molecule has 1 aliphatic carbocycles. The number of nitrogen functional groups attached to an aromatic ring is 1. The number of carbonyl (C=O) groups excluding carboxylic acids is 1. The molecule has 0 saturated heterocycles. The average Bonchev–Trinajstić information content (AvgIpc) is 3.27. The first-order valence-electron chi connectivity index (χ1n) is 7.17. The molecule has 1 aromatic carbocycles. The van der Waals surface area contributed by atoms with Crippen LogP contribution in [-0.4, -0.2) is 17.8 Å². The zero-order valence-corrected chi connectivity index (χ0v) is 12.4. The Balaban J connectivity index is 1.90. The second-order valence-electron chi connectivity index (χ2n) is 5.58. The number of nitrogens with zero attached hydrogens (tertiary/aromatic N) is 1. The third-order valence-corrected chi connectivity index (χ3v) is 3.84. The number of halogens is 3. The minimum Gasteiger partial charge on any atom is -0.406 e. The number of pyridine rings is 1. The molecule has 1 saturated carbocycles. The van der Waals surface area contributed by atoms with Gasteiger partial charge in [-0.1, -0.05) is 12.1 Å². The Morgan fingerprint density at radius 1 is 1.17 bits per heavy atom. The zero-order chi connectivity index (χ0) is 17.4. The first kappa shape index (κ1) is 16.1. The van der Waals surface area contributed by atoms with Crippen LogP contribution in [0, 0.1) is 0 Å². The SMILES string of the molecule is Nc1cc(-c2ccc(OC(F)(F)F)cc2)cc(C2(NC=O)CC2)n1. The molecular formula is C16H14F3N3O2. The molecular weight excluding hydrogens is 323 g/mol. The fraction of sp³-hybridized carbons (Fsp3) is 0.250. The topological polar surface area (TPSA) is 77.2 Å². The molecule has 1 aliphatic rings. The van der Waals surface area contributed by atoms with Crippen molar-refractivity contribution >= 4 is 12.2 Å². The fourth-order valence-corrected chi connectivity index (χ4v) is 2.53. The maximum absolute atomic E-state index is 12.2. The molecule has 0 aliphatic heterocycles. The standard InChI is InChI=1S/C16H14F3N3O2/c17-16(18,19)24-12-3-1-10(2-4-12)11-7-13(22-14(20)8-11)15(5-6-15)21-9-23/h1-4,7-9H,5-6H2,(H2,20,22)(H,21,23). The van der Waals surface area contributed by atoms with Crippen LogP contribution in [0.25, 0.3) is 11.1 Å². The van der Waals surface area contributed by atoms with Crippen molar-refractivity contribution in [3.05, 3.63) is 42.1 Å². The summed E-state index contributed by atoms with van der Waals surface area (Å²) in [6.07, 6.45) is -2.57. The Labute approximate surface area is 135 Å². The first-order chi connectivity index (χ1) is 11.3. The van der Waals surface area contributed by atoms with Crippen LogP contribution in [0.1, 0.15) is 18.5 Å². The number of benzene rings is 1. The number of nitrogens with two attached hydrogens (primary N) is 1. The fourth-order valence-electron chi connectivity index (χ4n) is 2.53. The number of hydrogen-bond donors (Lipinski definition) is 2. The highest BCUT2D eigenvalue weighted by atomic mass is 19.4. The van der Waals surface area contributed by atoms with Crippen molar-refractivity contribution in [3.63, 3.8) is 0 Å². The van der Waals surface area contributed by atoms with Crippen molar-refractivity contribution in [2.24, 2.45) is 0 Å². The molecule has 126 valence electrons. The highest BCUT2D eigenvalue weighted by Crippen LogP contribution is 2.45. The van der Waals surface area contributed by atoms with Gasteiger partial charge in [-0.05, 0) is 48.2 Å². The Hall–Kier alpha value is -2.77. The summed E-state index contributed by atoms with van der Waals surface area (Å²) in [5, 5.41) is 2.75. The van der Waals surface area contributed by atoms with Gasteiger partial charge < -0.3 is 15.8 Å². The smallest absolute Gasteiger partial charge is 0.406 e. The summed E-state index contributed by atoms with van der Waals surface area (Å²) >= 11 is 0. The third-order valence-electron chi connectivity index (χ3n) is 3.84. The largest absolute Gasteiger partial charge is 0.573 e. The van der Waals surface area contributed by atoms with Gasteiger partial charge in [0.15, 0.2) is 0 Å². The van der Waals surface area contributed by atoms with Gasteiger partial charge in [-0.25, -0.2) is 4.98 Å². The summed E-state index contributed by atoms with van der Waals surface area (Å²) in [4.78, 5) is 15.0. The lowest BCUT2D eigenvalue weighted by Gasteiger charge is -2.16. The summed E-state index contributed by atoms with van der Waals surface area (Å²) in [6, 6.07) is 8.88. The number of alkyl halides is 3. The lowest BCUT2D eigenvalue weighted by atomic mass is 10.0. The number of rotatable bonds is 5. The van der Waals surface area contributed by atoms with E-state index in [4.69, 9.17) is 5.73 Å². The number of ether oxygens (including phenoxy) is 1. The van der Waals surface area contributed by atoms with E-state index in [1.807, 2.05) is 0 Å². The number of amides is 1. The van der Waals surface area contributed by atoms with Crippen LogP contribution >= 0.6 is 0 Å². The maximum atomic E-state index is 12.2. The number of aromatic nitrogens is 1. The van der Waals surface area contributed by atoms with Crippen molar-refractivity contribution in [2.45, 2.75) is 24.7 Å². The third kappa shape index (κ3) is 3.42. The van der Waals surface area contributed by atoms with E-state index in [1.165, 1.54) is 24.3 Å². The van der Waals surface area contributed by atoms with Crippen molar-refractivity contribution < 1.29 is 22.7 Å². The lowest BCUT2D eigenvalue weighted by molar-refractivity contribution is -0.274. The number of nitrogens with one attached hydrogen (secondary N) is 1. The van der Waals surface area contributed by atoms with Crippen LogP contribution in [0.5, 0.6) is 5.75 Å². The minimum absolute atomic E-state index is 0.275. The molecule has 8 heteroatoms.